The van der Waals surface area contributed by atoms with Crippen LogP contribution in [0.2, 0.25) is 0 Å². The van der Waals surface area contributed by atoms with Crippen molar-refractivity contribution in [3.8, 4) is 28.9 Å². The van der Waals surface area contributed by atoms with Crippen molar-refractivity contribution >= 4 is 5.82 Å². The number of ether oxygens (including phenoxy) is 1. The predicted molar refractivity (Wildman–Crippen MR) is 118 cm³/mol. The monoisotopic (exact) mass is 441 g/mol. The maximum absolute atomic E-state index is 12.9. The van der Waals surface area contributed by atoms with E-state index in [-0.39, 0.29) is 18.1 Å². The number of nitrogen functional groups attached to an aromatic ring is 1. The van der Waals surface area contributed by atoms with Crippen LogP contribution < -0.4 is 16.2 Å². The highest BCUT2D eigenvalue weighted by molar-refractivity contribution is 5.69. The summed E-state index contributed by atoms with van der Waals surface area (Å²) in [6.45, 7) is 3.79. The molecule has 0 saturated carbocycles. The van der Waals surface area contributed by atoms with E-state index in [1.165, 1.54) is 21.8 Å². The maximum Gasteiger partial charge on any atom is 0.355 e. The summed E-state index contributed by atoms with van der Waals surface area (Å²) in [7, 11) is 1.67. The molecule has 1 aliphatic rings. The van der Waals surface area contributed by atoms with Gasteiger partial charge in [0.25, 0.3) is 5.88 Å². The highest BCUT2D eigenvalue weighted by atomic mass is 16.5. The molecule has 3 aromatic heterocycles. The van der Waals surface area contributed by atoms with E-state index in [2.05, 4.69) is 31.1 Å². The number of benzene rings is 1. The fourth-order valence-corrected chi connectivity index (χ4v) is 4.01. The van der Waals surface area contributed by atoms with Gasteiger partial charge in [-0.15, -0.1) is 0 Å². The van der Waals surface area contributed by atoms with E-state index in [0.717, 1.165) is 11.1 Å². The lowest BCUT2D eigenvalue weighted by molar-refractivity contribution is 0.218. The van der Waals surface area contributed by atoms with Gasteiger partial charge in [0.2, 0.25) is 0 Å². The van der Waals surface area contributed by atoms with Gasteiger partial charge in [-0.2, -0.15) is 15.3 Å². The van der Waals surface area contributed by atoms with Crippen LogP contribution in [-0.2, 0) is 13.5 Å². The van der Waals surface area contributed by atoms with Crippen LogP contribution >= 0.6 is 0 Å². The third-order valence-electron chi connectivity index (χ3n) is 5.55. The predicted octanol–water partition coefficient (Wildman–Crippen LogP) is 1.62. The summed E-state index contributed by atoms with van der Waals surface area (Å²) in [4.78, 5) is 30.0. The van der Waals surface area contributed by atoms with Gasteiger partial charge in [-0.1, -0.05) is 17.7 Å². The molecule has 1 aromatic carbocycles. The zero-order valence-electron chi connectivity index (χ0n) is 18.1. The molecule has 5 rings (SSSR count). The van der Waals surface area contributed by atoms with Crippen molar-refractivity contribution in [3.63, 3.8) is 0 Å². The average molecular weight is 441 g/mol. The second-order valence-electron chi connectivity index (χ2n) is 7.76. The maximum atomic E-state index is 12.9. The van der Waals surface area contributed by atoms with Crippen LogP contribution in [0.1, 0.15) is 41.4 Å². The zero-order chi connectivity index (χ0) is 23.3. The number of rotatable bonds is 0. The summed E-state index contributed by atoms with van der Waals surface area (Å²) in [6.07, 6.45) is 2.33. The Labute approximate surface area is 188 Å². The molecule has 11 nitrogen and oxygen atoms in total. The Bertz CT molecular complexity index is 1510. The molecule has 11 heteroatoms. The number of nitrogens with zero attached hydrogens (tertiary/aromatic N) is 8. The molecule has 0 amide bonds. The lowest BCUT2D eigenvalue weighted by Gasteiger charge is -2.22. The van der Waals surface area contributed by atoms with Crippen molar-refractivity contribution in [3.05, 3.63) is 69.5 Å². The molecule has 1 aliphatic heterocycles. The Balaban J connectivity index is 1.88. The minimum atomic E-state index is -0.532. The third-order valence-corrected chi connectivity index (χ3v) is 5.55. The second kappa shape index (κ2) is 7.52. The Morgan fingerprint density at radius 2 is 2.09 bits per heavy atom. The van der Waals surface area contributed by atoms with E-state index in [1.807, 2.05) is 32.0 Å². The molecule has 0 unspecified atom stereocenters. The first-order valence-electron chi connectivity index (χ1n) is 10.2. The Kier molecular flexibility index (Phi) is 4.63. The van der Waals surface area contributed by atoms with Crippen LogP contribution in [0.3, 0.4) is 0 Å². The van der Waals surface area contributed by atoms with E-state index in [1.54, 1.807) is 7.05 Å². The molecule has 2 N–H and O–H groups in total. The molecule has 0 aliphatic carbocycles. The van der Waals surface area contributed by atoms with Gasteiger partial charge in [-0.25, -0.2) is 24.3 Å². The SMILES string of the molecule is Cc1ccc2c(c1)[C@@H](C)Oc1nc(cnc1N)-c1c(nn(C)c1C#N)Cc1ncnc(=O)n1-2. The molecule has 0 radical (unpaired) electrons. The topological polar surface area (TPSA) is 150 Å². The first kappa shape index (κ1) is 20.3. The lowest BCUT2D eigenvalue weighted by atomic mass is 10.0. The first-order chi connectivity index (χ1) is 15.9. The molecular formula is C22H19N9O2. The van der Waals surface area contributed by atoms with Gasteiger partial charge in [0.15, 0.2) is 5.82 Å². The summed E-state index contributed by atoms with van der Waals surface area (Å²) in [6, 6.07) is 7.83. The minimum Gasteiger partial charge on any atom is -0.467 e. The smallest absolute Gasteiger partial charge is 0.355 e. The molecule has 4 heterocycles. The fraction of sp³-hybridized carbons (Fsp3) is 0.227. The van der Waals surface area contributed by atoms with E-state index in [0.29, 0.717) is 34.2 Å². The highest BCUT2D eigenvalue weighted by Crippen LogP contribution is 2.34. The Morgan fingerprint density at radius 3 is 2.88 bits per heavy atom. The van der Waals surface area contributed by atoms with Crippen LogP contribution in [0, 0.1) is 18.3 Å². The number of aryl methyl sites for hydroxylation is 2. The standard InChI is InChI=1S/C22H19N9O2/c1-11-4-5-16-13(6-11)12(2)33-21-20(24)25-9-15(28-21)19-14(29-30(3)17(19)8-23)7-18-26-10-27-22(32)31(16)18/h4-6,9-10,12H,7H2,1-3H3,(H2,24,25)/t12-/m1/s1. The average Bonchev–Trinajstić information content (AvgIpc) is 3.09. The van der Waals surface area contributed by atoms with Gasteiger partial charge >= 0.3 is 5.69 Å². The Morgan fingerprint density at radius 1 is 1.27 bits per heavy atom. The summed E-state index contributed by atoms with van der Waals surface area (Å²) in [5.41, 5.74) is 9.55. The largest absolute Gasteiger partial charge is 0.467 e. The van der Waals surface area contributed by atoms with E-state index >= 15 is 0 Å². The van der Waals surface area contributed by atoms with Crippen LogP contribution in [0.15, 0.2) is 35.5 Å². The summed E-state index contributed by atoms with van der Waals surface area (Å²) >= 11 is 0. The number of hydrogen-bond donors (Lipinski definition) is 1. The van der Waals surface area contributed by atoms with Crippen molar-refractivity contribution in [2.24, 2.45) is 7.05 Å². The molecular weight excluding hydrogens is 422 g/mol. The van der Waals surface area contributed by atoms with Gasteiger partial charge in [-0.3, -0.25) is 4.68 Å². The number of fused-ring (bicyclic) bond motifs is 7. The van der Waals surface area contributed by atoms with E-state index in [9.17, 15) is 10.1 Å². The molecule has 1 atom stereocenters. The molecule has 33 heavy (non-hydrogen) atoms. The first-order valence-corrected chi connectivity index (χ1v) is 10.2. The van der Waals surface area contributed by atoms with Crippen LogP contribution in [0.5, 0.6) is 5.88 Å². The number of hydrogen-bond acceptors (Lipinski definition) is 9. The molecule has 164 valence electrons. The quantitative estimate of drug-likeness (QED) is 0.429. The highest BCUT2D eigenvalue weighted by Gasteiger charge is 2.26. The van der Waals surface area contributed by atoms with Crippen molar-refractivity contribution in [2.75, 3.05) is 5.73 Å². The van der Waals surface area contributed by atoms with Crippen LogP contribution in [0.25, 0.3) is 16.9 Å². The summed E-state index contributed by atoms with van der Waals surface area (Å²) in [5, 5.41) is 14.3. The summed E-state index contributed by atoms with van der Waals surface area (Å²) < 4.78 is 9.04. The third kappa shape index (κ3) is 3.28. The van der Waals surface area contributed by atoms with Crippen LogP contribution in [-0.4, -0.2) is 34.3 Å². The van der Waals surface area contributed by atoms with Gasteiger partial charge in [0.05, 0.1) is 35.3 Å². The lowest BCUT2D eigenvalue weighted by Crippen LogP contribution is -2.27. The number of anilines is 1. The van der Waals surface area contributed by atoms with E-state index < -0.39 is 11.8 Å². The minimum absolute atomic E-state index is 0.113. The molecule has 4 aromatic rings. The van der Waals surface area contributed by atoms with Crippen molar-refractivity contribution in [1.29, 1.82) is 5.26 Å². The molecule has 0 fully saturated rings. The van der Waals surface area contributed by atoms with Gasteiger partial charge in [0.1, 0.15) is 30.0 Å². The van der Waals surface area contributed by atoms with Crippen molar-refractivity contribution in [2.45, 2.75) is 26.4 Å². The fourth-order valence-electron chi connectivity index (χ4n) is 4.01. The van der Waals surface area contributed by atoms with Gasteiger partial charge < -0.3 is 10.5 Å². The zero-order valence-corrected chi connectivity index (χ0v) is 18.1. The molecule has 2 bridgehead atoms. The molecule has 0 saturated heterocycles. The number of aromatic nitrogens is 7. The van der Waals surface area contributed by atoms with Crippen LogP contribution in [0.4, 0.5) is 5.82 Å². The van der Waals surface area contributed by atoms with Crippen molar-refractivity contribution in [1.82, 2.24) is 34.3 Å². The second-order valence-corrected chi connectivity index (χ2v) is 7.76. The van der Waals surface area contributed by atoms with Crippen molar-refractivity contribution < 1.29 is 4.74 Å². The summed E-state index contributed by atoms with van der Waals surface area (Å²) in [5.74, 6) is 0.658. The Hall–Kier alpha value is -4.59. The van der Waals surface area contributed by atoms with Gasteiger partial charge in [-0.05, 0) is 19.9 Å². The number of nitriles is 1. The van der Waals surface area contributed by atoms with E-state index in [4.69, 9.17) is 10.5 Å². The number of nitrogens with two attached hydrogens (primary N) is 1. The van der Waals surface area contributed by atoms with Gasteiger partial charge in [0, 0.05) is 12.6 Å². The molecule has 0 spiro atoms. The normalized spacial score (nSPS) is 14.5.